The number of hydrogen-bond acceptors (Lipinski definition) is 3. The van der Waals surface area contributed by atoms with Gasteiger partial charge in [-0.1, -0.05) is 30.3 Å². The summed E-state index contributed by atoms with van der Waals surface area (Å²) in [6.07, 6.45) is 0.542. The van der Waals surface area contributed by atoms with Crippen molar-refractivity contribution in [3.63, 3.8) is 0 Å². The van der Waals surface area contributed by atoms with Crippen LogP contribution in [-0.2, 0) is 16.3 Å². The molecule has 1 rings (SSSR count). The molecule has 4 heteroatoms. The van der Waals surface area contributed by atoms with Crippen molar-refractivity contribution in [3.05, 3.63) is 35.9 Å². The largest absolute Gasteiger partial charge is 0.318 e. The van der Waals surface area contributed by atoms with Crippen LogP contribution < -0.4 is 5.73 Å². The van der Waals surface area contributed by atoms with Crippen LogP contribution >= 0.6 is 0 Å². The highest BCUT2D eigenvalue weighted by atomic mass is 32.2. The standard InChI is InChI=1S/C9H13NO2S/c10-8-13(11,12)7-6-9-4-2-1-3-5-9/h1-5H,6-8,10H2. The minimum absolute atomic E-state index is 0.132. The first-order valence-electron chi connectivity index (χ1n) is 4.08. The second kappa shape index (κ2) is 4.39. The van der Waals surface area contributed by atoms with Crippen molar-refractivity contribution in [1.82, 2.24) is 0 Å². The maximum absolute atomic E-state index is 11.0. The summed E-state index contributed by atoms with van der Waals surface area (Å²) in [5.74, 6) is -0.132. The summed E-state index contributed by atoms with van der Waals surface area (Å²) in [5, 5.41) is 0. The second-order valence-corrected chi connectivity index (χ2v) is 5.08. The molecule has 2 N–H and O–H groups in total. The van der Waals surface area contributed by atoms with E-state index in [0.29, 0.717) is 6.42 Å². The predicted molar refractivity (Wildman–Crippen MR) is 53.0 cm³/mol. The van der Waals surface area contributed by atoms with Gasteiger partial charge in [-0.3, -0.25) is 0 Å². The van der Waals surface area contributed by atoms with Crippen LogP contribution in [0.25, 0.3) is 0 Å². The predicted octanol–water partition coefficient (Wildman–Crippen LogP) is 0.560. The summed E-state index contributed by atoms with van der Waals surface area (Å²) >= 11 is 0. The molecule has 0 bridgehead atoms. The van der Waals surface area contributed by atoms with Crippen LogP contribution in [0.3, 0.4) is 0 Å². The molecule has 13 heavy (non-hydrogen) atoms. The summed E-state index contributed by atoms with van der Waals surface area (Å²) < 4.78 is 22.1. The van der Waals surface area contributed by atoms with E-state index in [-0.39, 0.29) is 11.6 Å². The Morgan fingerprint density at radius 3 is 2.31 bits per heavy atom. The van der Waals surface area contributed by atoms with Crippen LogP contribution in [0, 0.1) is 0 Å². The SMILES string of the molecule is NCS(=O)(=O)CCc1ccccc1. The van der Waals surface area contributed by atoms with Gasteiger partial charge < -0.3 is 5.73 Å². The first-order valence-corrected chi connectivity index (χ1v) is 5.90. The topological polar surface area (TPSA) is 60.2 Å². The van der Waals surface area contributed by atoms with E-state index in [4.69, 9.17) is 5.73 Å². The molecule has 0 unspecified atom stereocenters. The monoisotopic (exact) mass is 199 g/mol. The lowest BCUT2D eigenvalue weighted by Crippen LogP contribution is -2.18. The molecule has 0 heterocycles. The molecule has 1 aromatic rings. The fraction of sp³-hybridized carbons (Fsp3) is 0.333. The van der Waals surface area contributed by atoms with Crippen LogP contribution in [0.1, 0.15) is 5.56 Å². The van der Waals surface area contributed by atoms with Crippen molar-refractivity contribution in [2.45, 2.75) is 6.42 Å². The zero-order valence-electron chi connectivity index (χ0n) is 7.31. The number of hydrogen-bond donors (Lipinski definition) is 1. The number of aryl methyl sites for hydroxylation is 1. The quantitative estimate of drug-likeness (QED) is 0.770. The van der Waals surface area contributed by atoms with E-state index < -0.39 is 9.84 Å². The summed E-state index contributed by atoms with van der Waals surface area (Å²) in [7, 11) is -3.04. The minimum atomic E-state index is -3.04. The number of rotatable bonds is 4. The van der Waals surface area contributed by atoms with Crippen molar-refractivity contribution in [2.24, 2.45) is 5.73 Å². The van der Waals surface area contributed by atoms with E-state index >= 15 is 0 Å². The van der Waals surface area contributed by atoms with Crippen molar-refractivity contribution >= 4 is 9.84 Å². The van der Waals surface area contributed by atoms with Gasteiger partial charge in [0.2, 0.25) is 0 Å². The summed E-state index contributed by atoms with van der Waals surface area (Å²) in [6.45, 7) is 0. The highest BCUT2D eigenvalue weighted by Gasteiger charge is 2.06. The fourth-order valence-corrected chi connectivity index (χ4v) is 1.71. The van der Waals surface area contributed by atoms with E-state index in [1.54, 1.807) is 0 Å². The molecule has 1 aromatic carbocycles. The Morgan fingerprint density at radius 1 is 1.15 bits per heavy atom. The van der Waals surface area contributed by atoms with E-state index in [1.165, 1.54) is 0 Å². The highest BCUT2D eigenvalue weighted by molar-refractivity contribution is 7.91. The molecule has 0 atom stereocenters. The van der Waals surface area contributed by atoms with Crippen molar-refractivity contribution in [2.75, 3.05) is 11.6 Å². The summed E-state index contributed by atoms with van der Waals surface area (Å²) in [5.41, 5.74) is 6.11. The van der Waals surface area contributed by atoms with Gasteiger partial charge in [-0.05, 0) is 12.0 Å². The maximum Gasteiger partial charge on any atom is 0.163 e. The van der Waals surface area contributed by atoms with E-state index in [0.717, 1.165) is 5.56 Å². The molecule has 3 nitrogen and oxygen atoms in total. The van der Waals surface area contributed by atoms with Gasteiger partial charge in [-0.2, -0.15) is 0 Å². The number of sulfone groups is 1. The fourth-order valence-electron chi connectivity index (χ4n) is 1.00. The lowest BCUT2D eigenvalue weighted by Gasteiger charge is -2.00. The zero-order valence-corrected chi connectivity index (χ0v) is 8.13. The lowest BCUT2D eigenvalue weighted by molar-refractivity contribution is 0.595. The zero-order chi connectivity index (χ0) is 9.73. The summed E-state index contributed by atoms with van der Waals surface area (Å²) in [6, 6.07) is 9.51. The average molecular weight is 199 g/mol. The molecular weight excluding hydrogens is 186 g/mol. The Hall–Kier alpha value is -0.870. The Labute approximate surface area is 78.5 Å². The molecule has 0 saturated carbocycles. The van der Waals surface area contributed by atoms with E-state index in [2.05, 4.69) is 0 Å². The molecule has 0 spiro atoms. The molecule has 0 saturated heterocycles. The van der Waals surface area contributed by atoms with Gasteiger partial charge in [-0.15, -0.1) is 0 Å². The normalized spacial score (nSPS) is 11.5. The van der Waals surface area contributed by atoms with Gasteiger partial charge in [0.25, 0.3) is 0 Å². The molecule has 0 amide bonds. The third-order valence-corrected chi connectivity index (χ3v) is 3.13. The van der Waals surface area contributed by atoms with Gasteiger partial charge >= 0.3 is 0 Å². The van der Waals surface area contributed by atoms with Crippen LogP contribution in [0.15, 0.2) is 30.3 Å². The van der Waals surface area contributed by atoms with Crippen molar-refractivity contribution in [1.29, 1.82) is 0 Å². The van der Waals surface area contributed by atoms with Crippen LogP contribution in [-0.4, -0.2) is 20.0 Å². The van der Waals surface area contributed by atoms with Crippen molar-refractivity contribution < 1.29 is 8.42 Å². The molecule has 0 aliphatic carbocycles. The second-order valence-electron chi connectivity index (χ2n) is 2.85. The van der Waals surface area contributed by atoms with E-state index in [1.807, 2.05) is 30.3 Å². The Morgan fingerprint density at radius 2 is 1.77 bits per heavy atom. The summed E-state index contributed by atoms with van der Waals surface area (Å²) in [4.78, 5) is 0. The Kier molecular flexibility index (Phi) is 3.45. The van der Waals surface area contributed by atoms with Crippen LogP contribution in [0.2, 0.25) is 0 Å². The Bertz CT molecular complexity index is 345. The van der Waals surface area contributed by atoms with Gasteiger partial charge in [0.15, 0.2) is 9.84 Å². The van der Waals surface area contributed by atoms with Crippen LogP contribution in [0.4, 0.5) is 0 Å². The van der Waals surface area contributed by atoms with Crippen LogP contribution in [0.5, 0.6) is 0 Å². The van der Waals surface area contributed by atoms with E-state index in [9.17, 15) is 8.42 Å². The van der Waals surface area contributed by atoms with Gasteiger partial charge in [0.1, 0.15) is 0 Å². The minimum Gasteiger partial charge on any atom is -0.318 e. The third kappa shape index (κ3) is 3.57. The molecule has 0 aliphatic heterocycles. The molecule has 72 valence electrons. The van der Waals surface area contributed by atoms with Gasteiger partial charge in [0.05, 0.1) is 11.6 Å². The first kappa shape index (κ1) is 10.2. The molecule has 0 aromatic heterocycles. The Balaban J connectivity index is 2.54. The van der Waals surface area contributed by atoms with Gasteiger partial charge in [-0.25, -0.2) is 8.42 Å². The smallest absolute Gasteiger partial charge is 0.163 e. The molecular formula is C9H13NO2S. The number of nitrogens with two attached hydrogens (primary N) is 1. The van der Waals surface area contributed by atoms with Gasteiger partial charge in [0, 0.05) is 0 Å². The lowest BCUT2D eigenvalue weighted by atomic mass is 10.2. The van der Waals surface area contributed by atoms with Crippen molar-refractivity contribution in [3.8, 4) is 0 Å². The molecule has 0 fully saturated rings. The first-order chi connectivity index (χ1) is 6.14. The highest BCUT2D eigenvalue weighted by Crippen LogP contribution is 2.01. The molecule has 0 aliphatic rings. The number of benzene rings is 1. The maximum atomic E-state index is 11.0. The third-order valence-electron chi connectivity index (χ3n) is 1.80. The molecule has 0 radical (unpaired) electrons. The average Bonchev–Trinajstić information content (AvgIpc) is 2.17.